The standard InChI is InChI=1S/C7H13NO2/c1-5(10)8-7(4-9)6-2-3-6/h6-7,9H,2-4H2,1H3,(H,8,10). The molecule has 0 radical (unpaired) electrons. The molecule has 1 amide bonds. The van der Waals surface area contributed by atoms with Crippen LogP contribution in [0.25, 0.3) is 0 Å². The summed E-state index contributed by atoms with van der Waals surface area (Å²) in [6.45, 7) is 1.55. The minimum absolute atomic E-state index is 0.0116. The summed E-state index contributed by atoms with van der Waals surface area (Å²) in [5.41, 5.74) is 0. The first kappa shape index (κ1) is 7.54. The van der Waals surface area contributed by atoms with Gasteiger partial charge in [-0.1, -0.05) is 0 Å². The van der Waals surface area contributed by atoms with Crippen LogP contribution in [0.4, 0.5) is 0 Å². The SMILES string of the molecule is CC(=O)NC(CO)C1CC1. The summed E-state index contributed by atoms with van der Waals surface area (Å²) in [5, 5.41) is 11.5. The zero-order valence-electron chi connectivity index (χ0n) is 6.13. The highest BCUT2D eigenvalue weighted by molar-refractivity contribution is 5.73. The third kappa shape index (κ3) is 1.99. The summed E-state index contributed by atoms with van der Waals surface area (Å²) in [6.07, 6.45) is 2.29. The molecule has 0 aromatic rings. The predicted molar refractivity (Wildman–Crippen MR) is 37.4 cm³/mol. The van der Waals surface area contributed by atoms with Crippen molar-refractivity contribution < 1.29 is 9.90 Å². The maximum Gasteiger partial charge on any atom is 0.217 e. The molecule has 2 N–H and O–H groups in total. The Morgan fingerprint density at radius 1 is 1.80 bits per heavy atom. The molecule has 0 bridgehead atoms. The van der Waals surface area contributed by atoms with Crippen LogP contribution in [0.3, 0.4) is 0 Å². The average molecular weight is 143 g/mol. The lowest BCUT2D eigenvalue weighted by molar-refractivity contribution is -0.120. The molecule has 1 rings (SSSR count). The lowest BCUT2D eigenvalue weighted by Crippen LogP contribution is -2.37. The Hall–Kier alpha value is -0.570. The zero-order valence-corrected chi connectivity index (χ0v) is 6.13. The largest absolute Gasteiger partial charge is 0.394 e. The molecule has 3 heteroatoms. The smallest absolute Gasteiger partial charge is 0.217 e. The molecule has 1 aliphatic carbocycles. The summed E-state index contributed by atoms with van der Waals surface area (Å²) < 4.78 is 0. The average Bonchev–Trinajstić information content (AvgIpc) is 2.63. The fourth-order valence-electron chi connectivity index (χ4n) is 1.07. The van der Waals surface area contributed by atoms with Gasteiger partial charge in [0.25, 0.3) is 0 Å². The Morgan fingerprint density at radius 2 is 2.40 bits per heavy atom. The first-order chi connectivity index (χ1) is 4.74. The van der Waals surface area contributed by atoms with Crippen molar-refractivity contribution in [2.45, 2.75) is 25.8 Å². The highest BCUT2D eigenvalue weighted by Crippen LogP contribution is 2.32. The van der Waals surface area contributed by atoms with Crippen LogP contribution in [0.15, 0.2) is 0 Å². The van der Waals surface area contributed by atoms with Gasteiger partial charge in [0.15, 0.2) is 0 Å². The summed E-state index contributed by atoms with van der Waals surface area (Å²) >= 11 is 0. The number of rotatable bonds is 3. The number of aliphatic hydroxyl groups excluding tert-OH is 1. The van der Waals surface area contributed by atoms with E-state index in [0.29, 0.717) is 5.92 Å². The van der Waals surface area contributed by atoms with Gasteiger partial charge in [0, 0.05) is 6.92 Å². The van der Waals surface area contributed by atoms with Crippen molar-refractivity contribution in [3.05, 3.63) is 0 Å². The molecule has 0 spiro atoms. The fraction of sp³-hybridized carbons (Fsp3) is 0.857. The van der Waals surface area contributed by atoms with Crippen molar-refractivity contribution in [1.82, 2.24) is 5.32 Å². The van der Waals surface area contributed by atoms with Gasteiger partial charge < -0.3 is 10.4 Å². The van der Waals surface area contributed by atoms with E-state index in [1.165, 1.54) is 6.92 Å². The first-order valence-corrected chi connectivity index (χ1v) is 3.62. The van der Waals surface area contributed by atoms with Crippen molar-refractivity contribution in [3.63, 3.8) is 0 Å². The Bertz CT molecular complexity index is 132. The molecular weight excluding hydrogens is 130 g/mol. The van der Waals surface area contributed by atoms with Crippen molar-refractivity contribution in [2.24, 2.45) is 5.92 Å². The van der Waals surface area contributed by atoms with Crippen LogP contribution in [0.2, 0.25) is 0 Å². The van der Waals surface area contributed by atoms with E-state index in [4.69, 9.17) is 5.11 Å². The molecule has 1 unspecified atom stereocenters. The highest BCUT2D eigenvalue weighted by atomic mass is 16.3. The van der Waals surface area contributed by atoms with Crippen LogP contribution in [0.1, 0.15) is 19.8 Å². The number of hydrogen-bond acceptors (Lipinski definition) is 2. The van der Waals surface area contributed by atoms with Crippen LogP contribution in [0.5, 0.6) is 0 Å². The van der Waals surface area contributed by atoms with E-state index in [1.54, 1.807) is 0 Å². The quantitative estimate of drug-likeness (QED) is 0.579. The normalized spacial score (nSPS) is 20.2. The number of carbonyl (C=O) groups is 1. The second kappa shape index (κ2) is 3.01. The van der Waals surface area contributed by atoms with Crippen molar-refractivity contribution >= 4 is 5.91 Å². The second-order valence-electron chi connectivity index (χ2n) is 2.83. The fourth-order valence-corrected chi connectivity index (χ4v) is 1.07. The number of aliphatic hydroxyl groups is 1. The van der Waals surface area contributed by atoms with Gasteiger partial charge in [-0.2, -0.15) is 0 Å². The molecule has 1 aliphatic rings. The van der Waals surface area contributed by atoms with Gasteiger partial charge in [-0.25, -0.2) is 0 Å². The van der Waals surface area contributed by atoms with Gasteiger partial charge in [-0.05, 0) is 18.8 Å². The van der Waals surface area contributed by atoms with Gasteiger partial charge >= 0.3 is 0 Å². The van der Waals surface area contributed by atoms with Gasteiger partial charge in [0.2, 0.25) is 5.91 Å². The van der Waals surface area contributed by atoms with Crippen LogP contribution in [-0.4, -0.2) is 23.7 Å². The summed E-state index contributed by atoms with van der Waals surface area (Å²) in [7, 11) is 0. The summed E-state index contributed by atoms with van der Waals surface area (Å²) in [5.74, 6) is 0.486. The van der Waals surface area contributed by atoms with E-state index in [0.717, 1.165) is 12.8 Å². The second-order valence-corrected chi connectivity index (χ2v) is 2.83. The van der Waals surface area contributed by atoms with E-state index < -0.39 is 0 Å². The number of carbonyl (C=O) groups excluding carboxylic acids is 1. The van der Waals surface area contributed by atoms with Crippen LogP contribution in [0, 0.1) is 5.92 Å². The van der Waals surface area contributed by atoms with Gasteiger partial charge in [0.1, 0.15) is 0 Å². The minimum Gasteiger partial charge on any atom is -0.394 e. The molecule has 1 atom stereocenters. The molecule has 0 aliphatic heterocycles. The monoisotopic (exact) mass is 143 g/mol. The lowest BCUT2D eigenvalue weighted by Gasteiger charge is -2.12. The summed E-state index contributed by atoms with van der Waals surface area (Å²) in [4.78, 5) is 10.5. The molecule has 58 valence electrons. The van der Waals surface area contributed by atoms with Crippen molar-refractivity contribution in [3.8, 4) is 0 Å². The number of hydrogen-bond donors (Lipinski definition) is 2. The van der Waals surface area contributed by atoms with E-state index in [-0.39, 0.29) is 18.6 Å². The third-order valence-corrected chi connectivity index (χ3v) is 1.78. The first-order valence-electron chi connectivity index (χ1n) is 3.62. The maximum atomic E-state index is 10.5. The maximum absolute atomic E-state index is 10.5. The van der Waals surface area contributed by atoms with Gasteiger partial charge in [-0.3, -0.25) is 4.79 Å². The number of amides is 1. The summed E-state index contributed by atoms with van der Waals surface area (Å²) in [6, 6.07) is 0.0116. The molecule has 0 aromatic heterocycles. The van der Waals surface area contributed by atoms with Gasteiger partial charge in [-0.15, -0.1) is 0 Å². The molecule has 0 heterocycles. The predicted octanol–water partition coefficient (Wildman–Crippen LogP) is -0.107. The topological polar surface area (TPSA) is 49.3 Å². The van der Waals surface area contributed by atoms with E-state index in [1.807, 2.05) is 0 Å². The Kier molecular flexibility index (Phi) is 2.27. The van der Waals surface area contributed by atoms with Crippen LogP contribution < -0.4 is 5.32 Å². The van der Waals surface area contributed by atoms with Gasteiger partial charge in [0.05, 0.1) is 12.6 Å². The Labute approximate surface area is 60.4 Å². The van der Waals surface area contributed by atoms with Crippen molar-refractivity contribution in [2.75, 3.05) is 6.61 Å². The van der Waals surface area contributed by atoms with Crippen LogP contribution >= 0.6 is 0 Å². The molecule has 1 saturated carbocycles. The highest BCUT2D eigenvalue weighted by Gasteiger charge is 2.30. The Morgan fingerprint density at radius 3 is 2.70 bits per heavy atom. The van der Waals surface area contributed by atoms with E-state index in [9.17, 15) is 4.79 Å². The zero-order chi connectivity index (χ0) is 7.56. The van der Waals surface area contributed by atoms with Crippen molar-refractivity contribution in [1.29, 1.82) is 0 Å². The third-order valence-electron chi connectivity index (χ3n) is 1.78. The van der Waals surface area contributed by atoms with E-state index >= 15 is 0 Å². The lowest BCUT2D eigenvalue weighted by atomic mass is 10.2. The minimum atomic E-state index is -0.0500. The molecule has 3 nitrogen and oxygen atoms in total. The van der Waals surface area contributed by atoms with E-state index in [2.05, 4.69) is 5.32 Å². The number of nitrogens with one attached hydrogen (secondary N) is 1. The van der Waals surface area contributed by atoms with Crippen LogP contribution in [-0.2, 0) is 4.79 Å². The molecule has 0 aromatic carbocycles. The molecule has 0 saturated heterocycles. The molecular formula is C7H13NO2. The molecule has 10 heavy (non-hydrogen) atoms. The molecule has 1 fully saturated rings. The Balaban J connectivity index is 2.25.